The van der Waals surface area contributed by atoms with Crippen molar-refractivity contribution in [2.45, 2.75) is 0 Å². The van der Waals surface area contributed by atoms with Crippen LogP contribution in [0.2, 0.25) is 0 Å². The summed E-state index contributed by atoms with van der Waals surface area (Å²) in [6, 6.07) is 16.4. The summed E-state index contributed by atoms with van der Waals surface area (Å²) in [5.74, 6) is 0.0653. The third-order valence-electron chi connectivity index (χ3n) is 3.34. The van der Waals surface area contributed by atoms with Crippen molar-refractivity contribution in [2.24, 2.45) is 0 Å². The molecule has 0 aliphatic carbocycles. The number of thiophene rings is 1. The van der Waals surface area contributed by atoms with Gasteiger partial charge in [0.25, 0.3) is 5.91 Å². The number of nitrogens with one attached hydrogen (secondary N) is 2. The molecular formula is C18H16N2O2S2. The molecule has 3 aromatic rings. The molecule has 24 heavy (non-hydrogen) atoms. The predicted octanol–water partition coefficient (Wildman–Crippen LogP) is 5.06. The number of carbonyl (C=O) groups is 1. The Morgan fingerprint density at radius 1 is 1.04 bits per heavy atom. The van der Waals surface area contributed by atoms with Crippen LogP contribution >= 0.6 is 23.3 Å². The molecular weight excluding hydrogens is 340 g/mol. The zero-order valence-electron chi connectivity index (χ0n) is 12.9. The lowest BCUT2D eigenvalue weighted by atomic mass is 10.1. The predicted molar refractivity (Wildman–Crippen MR) is 103 cm³/mol. The minimum atomic E-state index is -0.146. The fourth-order valence-corrected chi connectivity index (χ4v) is 3.44. The maximum absolute atomic E-state index is 12.4. The Morgan fingerprint density at radius 3 is 2.62 bits per heavy atom. The van der Waals surface area contributed by atoms with E-state index in [2.05, 4.69) is 10.0 Å². The van der Waals surface area contributed by atoms with Gasteiger partial charge in [0, 0.05) is 17.6 Å². The molecule has 2 aromatic carbocycles. The number of amides is 1. The fraction of sp³-hybridized carbons (Fsp3) is 0.0556. The van der Waals surface area contributed by atoms with Crippen LogP contribution in [-0.2, 0) is 0 Å². The summed E-state index contributed by atoms with van der Waals surface area (Å²) in [4.78, 5) is 13.0. The van der Waals surface area contributed by atoms with Crippen LogP contribution in [0, 0.1) is 0 Å². The van der Waals surface area contributed by atoms with Crippen molar-refractivity contribution >= 4 is 40.6 Å². The van der Waals surface area contributed by atoms with Crippen LogP contribution in [0.1, 0.15) is 9.67 Å². The average Bonchev–Trinajstić information content (AvgIpc) is 3.06. The molecule has 0 spiro atoms. The van der Waals surface area contributed by atoms with Crippen molar-refractivity contribution in [3.63, 3.8) is 0 Å². The number of aromatic hydroxyl groups is 1. The molecule has 0 aliphatic heterocycles. The molecule has 0 unspecified atom stereocenters. The van der Waals surface area contributed by atoms with Crippen LogP contribution in [0.5, 0.6) is 5.75 Å². The van der Waals surface area contributed by atoms with Gasteiger partial charge in [0.05, 0.1) is 4.88 Å². The standard InChI is InChI=1S/C18H16N2O2S2/c1-23-20-15-6-3-5-14(10-15)19-18(22)17-9-13(11-24-17)12-4-2-7-16(21)8-12/h2-11,20-21H,1H3,(H,19,22). The summed E-state index contributed by atoms with van der Waals surface area (Å²) < 4.78 is 3.14. The van der Waals surface area contributed by atoms with Gasteiger partial charge in [-0.05, 0) is 52.9 Å². The van der Waals surface area contributed by atoms with E-state index in [1.807, 2.05) is 48.0 Å². The van der Waals surface area contributed by atoms with E-state index < -0.39 is 0 Å². The zero-order chi connectivity index (χ0) is 16.9. The zero-order valence-corrected chi connectivity index (χ0v) is 14.6. The van der Waals surface area contributed by atoms with Gasteiger partial charge in [0.15, 0.2) is 0 Å². The molecule has 0 saturated carbocycles. The van der Waals surface area contributed by atoms with Crippen LogP contribution in [0.25, 0.3) is 11.1 Å². The van der Waals surface area contributed by atoms with Crippen molar-refractivity contribution in [2.75, 3.05) is 16.3 Å². The highest BCUT2D eigenvalue weighted by atomic mass is 32.2. The monoisotopic (exact) mass is 356 g/mol. The normalized spacial score (nSPS) is 10.4. The molecule has 1 amide bonds. The molecule has 0 saturated heterocycles. The number of hydrogen-bond acceptors (Lipinski definition) is 5. The number of hydrogen-bond donors (Lipinski definition) is 3. The number of benzene rings is 2. The Hall–Kier alpha value is -2.44. The minimum absolute atomic E-state index is 0.146. The van der Waals surface area contributed by atoms with Gasteiger partial charge in [-0.3, -0.25) is 4.79 Å². The number of carbonyl (C=O) groups excluding carboxylic acids is 1. The van der Waals surface area contributed by atoms with Crippen LogP contribution in [0.15, 0.2) is 60.0 Å². The van der Waals surface area contributed by atoms with Gasteiger partial charge in [-0.2, -0.15) is 0 Å². The average molecular weight is 356 g/mol. The summed E-state index contributed by atoms with van der Waals surface area (Å²) in [6.07, 6.45) is 1.94. The van der Waals surface area contributed by atoms with E-state index in [9.17, 15) is 9.90 Å². The lowest BCUT2D eigenvalue weighted by Gasteiger charge is -2.06. The van der Waals surface area contributed by atoms with Crippen LogP contribution in [0.4, 0.5) is 11.4 Å². The van der Waals surface area contributed by atoms with E-state index in [0.717, 1.165) is 22.5 Å². The van der Waals surface area contributed by atoms with Crippen molar-refractivity contribution in [1.29, 1.82) is 0 Å². The molecule has 6 heteroatoms. The quantitative estimate of drug-likeness (QED) is 0.559. The van der Waals surface area contributed by atoms with Gasteiger partial charge >= 0.3 is 0 Å². The summed E-state index contributed by atoms with van der Waals surface area (Å²) in [5.41, 5.74) is 3.48. The Labute approximate surface area is 148 Å². The Kier molecular flexibility index (Phi) is 5.08. The Bertz CT molecular complexity index is 861. The third kappa shape index (κ3) is 3.90. The van der Waals surface area contributed by atoms with E-state index in [-0.39, 0.29) is 11.7 Å². The molecule has 0 fully saturated rings. The van der Waals surface area contributed by atoms with Gasteiger partial charge < -0.3 is 15.1 Å². The number of phenols is 1. The summed E-state index contributed by atoms with van der Waals surface area (Å²) >= 11 is 2.88. The first-order chi connectivity index (χ1) is 11.7. The number of rotatable bonds is 5. The maximum Gasteiger partial charge on any atom is 0.265 e. The lowest BCUT2D eigenvalue weighted by molar-refractivity contribution is 0.103. The molecule has 4 nitrogen and oxygen atoms in total. The van der Waals surface area contributed by atoms with E-state index in [1.165, 1.54) is 23.3 Å². The third-order valence-corrected chi connectivity index (χ3v) is 4.71. The van der Waals surface area contributed by atoms with E-state index in [4.69, 9.17) is 0 Å². The highest BCUT2D eigenvalue weighted by Gasteiger charge is 2.11. The van der Waals surface area contributed by atoms with E-state index >= 15 is 0 Å². The topological polar surface area (TPSA) is 61.4 Å². The molecule has 1 aromatic heterocycles. The summed E-state index contributed by atoms with van der Waals surface area (Å²) in [6.45, 7) is 0. The Balaban J connectivity index is 1.75. The smallest absolute Gasteiger partial charge is 0.265 e. The van der Waals surface area contributed by atoms with Crippen LogP contribution in [-0.4, -0.2) is 17.3 Å². The molecule has 122 valence electrons. The van der Waals surface area contributed by atoms with Crippen LogP contribution < -0.4 is 10.0 Å². The van der Waals surface area contributed by atoms with E-state index in [1.54, 1.807) is 18.2 Å². The summed E-state index contributed by atoms with van der Waals surface area (Å²) in [7, 11) is 0. The van der Waals surface area contributed by atoms with Gasteiger partial charge in [-0.1, -0.05) is 30.1 Å². The molecule has 0 atom stereocenters. The molecule has 0 bridgehead atoms. The van der Waals surface area contributed by atoms with Crippen molar-refractivity contribution in [1.82, 2.24) is 0 Å². The highest BCUT2D eigenvalue weighted by Crippen LogP contribution is 2.28. The molecule has 0 aliphatic rings. The molecule has 3 N–H and O–H groups in total. The van der Waals surface area contributed by atoms with Gasteiger partial charge in [-0.25, -0.2) is 0 Å². The van der Waals surface area contributed by atoms with Gasteiger partial charge in [0.1, 0.15) is 5.75 Å². The molecule has 1 heterocycles. The minimum Gasteiger partial charge on any atom is -0.508 e. The van der Waals surface area contributed by atoms with Crippen molar-refractivity contribution in [3.8, 4) is 16.9 Å². The number of phenolic OH excluding ortho intramolecular Hbond substituents is 1. The Morgan fingerprint density at radius 2 is 1.83 bits per heavy atom. The lowest BCUT2D eigenvalue weighted by Crippen LogP contribution is -2.10. The highest BCUT2D eigenvalue weighted by molar-refractivity contribution is 7.99. The first-order valence-electron chi connectivity index (χ1n) is 7.24. The second-order valence-electron chi connectivity index (χ2n) is 5.09. The second-order valence-corrected chi connectivity index (χ2v) is 6.61. The van der Waals surface area contributed by atoms with Gasteiger partial charge in [-0.15, -0.1) is 11.3 Å². The van der Waals surface area contributed by atoms with Gasteiger partial charge in [0.2, 0.25) is 0 Å². The SMILES string of the molecule is CSNc1cccc(NC(=O)c2cc(-c3cccc(O)c3)cs2)c1. The summed E-state index contributed by atoms with van der Waals surface area (Å²) in [5, 5.41) is 14.4. The second kappa shape index (κ2) is 7.42. The van der Waals surface area contributed by atoms with Crippen molar-refractivity contribution < 1.29 is 9.90 Å². The molecule has 0 radical (unpaired) electrons. The fourth-order valence-electron chi connectivity index (χ4n) is 2.26. The largest absolute Gasteiger partial charge is 0.508 e. The number of anilines is 2. The first-order valence-corrected chi connectivity index (χ1v) is 9.34. The van der Waals surface area contributed by atoms with Crippen LogP contribution in [0.3, 0.4) is 0 Å². The van der Waals surface area contributed by atoms with E-state index in [0.29, 0.717) is 4.88 Å². The first kappa shape index (κ1) is 16.4. The van der Waals surface area contributed by atoms with Crippen molar-refractivity contribution in [3.05, 3.63) is 64.9 Å². The maximum atomic E-state index is 12.4. The molecule has 3 rings (SSSR count).